The van der Waals surface area contributed by atoms with Crippen molar-refractivity contribution in [2.75, 3.05) is 19.8 Å². The number of nitrogens with two attached hydrogens (primary N) is 1. The SMILES string of the molecule is CCC(=O)[NH2+]CC1CC1c1cccc2c1C(CO)CO2. The summed E-state index contributed by atoms with van der Waals surface area (Å²) < 4.78 is 5.65. The number of hydrogen-bond acceptors (Lipinski definition) is 3. The van der Waals surface area contributed by atoms with Crippen LogP contribution in [0.1, 0.15) is 42.7 Å². The van der Waals surface area contributed by atoms with Gasteiger partial charge in [-0.1, -0.05) is 19.1 Å². The Morgan fingerprint density at radius 2 is 2.35 bits per heavy atom. The second-order valence-corrected chi connectivity index (χ2v) is 5.81. The van der Waals surface area contributed by atoms with Gasteiger partial charge in [0, 0.05) is 17.4 Å². The van der Waals surface area contributed by atoms with Gasteiger partial charge in [-0.15, -0.1) is 0 Å². The Balaban J connectivity index is 1.71. The molecule has 0 spiro atoms. The lowest BCUT2D eigenvalue weighted by Gasteiger charge is -2.10. The summed E-state index contributed by atoms with van der Waals surface area (Å²) in [7, 11) is 0. The van der Waals surface area contributed by atoms with E-state index in [0.717, 1.165) is 18.7 Å². The van der Waals surface area contributed by atoms with Gasteiger partial charge in [0.1, 0.15) is 5.75 Å². The fraction of sp³-hybridized carbons (Fsp3) is 0.562. The highest BCUT2D eigenvalue weighted by atomic mass is 16.5. The van der Waals surface area contributed by atoms with Crippen LogP contribution in [0, 0.1) is 5.92 Å². The molecule has 0 aromatic heterocycles. The van der Waals surface area contributed by atoms with Gasteiger partial charge in [0.05, 0.1) is 26.2 Å². The topological polar surface area (TPSA) is 63.1 Å². The Kier molecular flexibility index (Phi) is 3.76. The maximum Gasteiger partial charge on any atom is 0.310 e. The predicted octanol–water partition coefficient (Wildman–Crippen LogP) is 0.758. The second-order valence-electron chi connectivity index (χ2n) is 5.81. The Labute approximate surface area is 119 Å². The summed E-state index contributed by atoms with van der Waals surface area (Å²) in [5.41, 5.74) is 2.52. The molecule has 20 heavy (non-hydrogen) atoms. The van der Waals surface area contributed by atoms with Gasteiger partial charge in [-0.25, -0.2) is 4.79 Å². The van der Waals surface area contributed by atoms with Gasteiger partial charge in [-0.3, -0.25) is 5.32 Å². The van der Waals surface area contributed by atoms with Gasteiger partial charge in [0.15, 0.2) is 0 Å². The number of aliphatic hydroxyl groups is 1. The molecule has 4 heteroatoms. The lowest BCUT2D eigenvalue weighted by Crippen LogP contribution is -2.88. The van der Waals surface area contributed by atoms with Gasteiger partial charge in [0.2, 0.25) is 0 Å². The van der Waals surface area contributed by atoms with E-state index in [1.165, 1.54) is 11.1 Å². The van der Waals surface area contributed by atoms with Crippen LogP contribution in [0.2, 0.25) is 0 Å². The minimum atomic E-state index is 0.115. The average molecular weight is 276 g/mol. The van der Waals surface area contributed by atoms with E-state index in [1.54, 1.807) is 0 Å². The van der Waals surface area contributed by atoms with Crippen molar-refractivity contribution in [3.8, 4) is 5.75 Å². The van der Waals surface area contributed by atoms with Crippen LogP contribution >= 0.6 is 0 Å². The van der Waals surface area contributed by atoms with E-state index in [1.807, 2.05) is 24.4 Å². The minimum Gasteiger partial charge on any atom is -0.493 e. The molecule has 1 aliphatic carbocycles. The predicted molar refractivity (Wildman–Crippen MR) is 74.7 cm³/mol. The molecule has 4 nitrogen and oxygen atoms in total. The summed E-state index contributed by atoms with van der Waals surface area (Å²) in [5.74, 6) is 2.40. The van der Waals surface area contributed by atoms with E-state index in [-0.39, 0.29) is 18.4 Å². The molecule has 1 aromatic rings. The minimum absolute atomic E-state index is 0.115. The number of fused-ring (bicyclic) bond motifs is 1. The number of hydrogen-bond donors (Lipinski definition) is 2. The van der Waals surface area contributed by atoms with Gasteiger partial charge < -0.3 is 9.84 Å². The van der Waals surface area contributed by atoms with Crippen molar-refractivity contribution in [2.45, 2.75) is 31.6 Å². The first-order valence-electron chi connectivity index (χ1n) is 7.47. The van der Waals surface area contributed by atoms with Crippen molar-refractivity contribution in [3.05, 3.63) is 29.3 Å². The molecule has 0 bridgehead atoms. The summed E-state index contributed by atoms with van der Waals surface area (Å²) in [5, 5.41) is 11.3. The maximum atomic E-state index is 11.4. The lowest BCUT2D eigenvalue weighted by atomic mass is 9.93. The van der Waals surface area contributed by atoms with Gasteiger partial charge in [-0.05, 0) is 24.0 Å². The first-order valence-corrected chi connectivity index (χ1v) is 7.47. The molecule has 108 valence electrons. The highest BCUT2D eigenvalue weighted by molar-refractivity contribution is 5.64. The zero-order valence-corrected chi connectivity index (χ0v) is 11.8. The molecule has 0 radical (unpaired) electrons. The number of aliphatic hydroxyl groups excluding tert-OH is 1. The fourth-order valence-electron chi connectivity index (χ4n) is 3.18. The first-order chi connectivity index (χ1) is 9.74. The number of carbonyl (C=O) groups is 1. The Morgan fingerprint density at radius 1 is 1.50 bits per heavy atom. The van der Waals surface area contributed by atoms with Crippen LogP contribution in [0.15, 0.2) is 18.2 Å². The quantitative estimate of drug-likeness (QED) is 0.834. The van der Waals surface area contributed by atoms with Gasteiger partial charge >= 0.3 is 5.91 Å². The van der Waals surface area contributed by atoms with Crippen molar-refractivity contribution in [1.82, 2.24) is 0 Å². The van der Waals surface area contributed by atoms with Crippen molar-refractivity contribution in [2.24, 2.45) is 5.92 Å². The van der Waals surface area contributed by atoms with Gasteiger partial charge in [-0.2, -0.15) is 0 Å². The third-order valence-corrected chi connectivity index (χ3v) is 4.49. The fourth-order valence-corrected chi connectivity index (χ4v) is 3.18. The summed E-state index contributed by atoms with van der Waals surface area (Å²) in [6, 6.07) is 6.17. The molecular formula is C16H22NO3+. The van der Waals surface area contributed by atoms with Crippen LogP contribution in [0.3, 0.4) is 0 Å². The Hall–Kier alpha value is -1.39. The molecule has 1 saturated carbocycles. The molecule has 2 aliphatic rings. The number of ether oxygens (including phenoxy) is 1. The zero-order chi connectivity index (χ0) is 14.1. The maximum absolute atomic E-state index is 11.4. The molecular weight excluding hydrogens is 254 g/mol. The lowest BCUT2D eigenvalue weighted by molar-refractivity contribution is -0.571. The number of primary amides is 1. The number of quaternary nitrogens is 1. The smallest absolute Gasteiger partial charge is 0.310 e. The van der Waals surface area contributed by atoms with Crippen LogP contribution in [0.25, 0.3) is 0 Å². The van der Waals surface area contributed by atoms with Crippen molar-refractivity contribution in [3.63, 3.8) is 0 Å². The molecule has 1 aromatic carbocycles. The Morgan fingerprint density at radius 3 is 3.10 bits per heavy atom. The molecule has 3 rings (SSSR count). The summed E-state index contributed by atoms with van der Waals surface area (Å²) in [4.78, 5) is 11.4. The van der Waals surface area contributed by atoms with Crippen LogP contribution < -0.4 is 10.1 Å². The van der Waals surface area contributed by atoms with Crippen LogP contribution in [-0.4, -0.2) is 30.8 Å². The van der Waals surface area contributed by atoms with Crippen molar-refractivity contribution < 1.29 is 20.0 Å². The highest BCUT2D eigenvalue weighted by Crippen LogP contribution is 2.51. The van der Waals surface area contributed by atoms with E-state index in [9.17, 15) is 9.90 Å². The summed E-state index contributed by atoms with van der Waals surface area (Å²) >= 11 is 0. The Bertz CT molecular complexity index is 514. The highest BCUT2D eigenvalue weighted by Gasteiger charge is 2.43. The van der Waals surface area contributed by atoms with E-state index < -0.39 is 0 Å². The number of rotatable bonds is 5. The largest absolute Gasteiger partial charge is 0.493 e. The average Bonchev–Trinajstić information content (AvgIpc) is 3.13. The molecule has 3 N–H and O–H groups in total. The van der Waals surface area contributed by atoms with E-state index in [4.69, 9.17) is 4.74 Å². The third kappa shape index (κ3) is 2.45. The summed E-state index contributed by atoms with van der Waals surface area (Å²) in [6.07, 6.45) is 1.74. The van der Waals surface area contributed by atoms with Crippen LogP contribution in [0.5, 0.6) is 5.75 Å². The monoisotopic (exact) mass is 276 g/mol. The van der Waals surface area contributed by atoms with Crippen LogP contribution in [-0.2, 0) is 4.79 Å². The number of benzene rings is 1. The first kappa shape index (κ1) is 13.6. The molecule has 1 aliphatic heterocycles. The normalized spacial score (nSPS) is 27.0. The number of amides is 1. The molecule has 3 unspecified atom stereocenters. The summed E-state index contributed by atoms with van der Waals surface area (Å²) in [6.45, 7) is 3.50. The van der Waals surface area contributed by atoms with E-state index in [0.29, 0.717) is 24.9 Å². The molecule has 1 amide bonds. The van der Waals surface area contributed by atoms with Crippen LogP contribution in [0.4, 0.5) is 0 Å². The molecule has 1 fully saturated rings. The van der Waals surface area contributed by atoms with Crippen molar-refractivity contribution >= 4 is 5.91 Å². The zero-order valence-electron chi connectivity index (χ0n) is 11.8. The second kappa shape index (κ2) is 5.54. The molecule has 3 atom stereocenters. The number of carbonyl (C=O) groups excluding carboxylic acids is 1. The van der Waals surface area contributed by atoms with E-state index >= 15 is 0 Å². The molecule has 0 saturated heterocycles. The van der Waals surface area contributed by atoms with E-state index in [2.05, 4.69) is 6.07 Å². The third-order valence-electron chi connectivity index (χ3n) is 4.49. The standard InChI is InChI=1S/C16H21NO3/c1-2-15(19)17-7-10-6-13(10)12-4-3-5-14-16(12)11(8-18)9-20-14/h3-5,10-11,13,18H,2,6-9H2,1H3,(H,17,19)/p+1. The molecule has 1 heterocycles. The van der Waals surface area contributed by atoms with Gasteiger partial charge in [0.25, 0.3) is 0 Å². The van der Waals surface area contributed by atoms with Crippen molar-refractivity contribution in [1.29, 1.82) is 0 Å².